The molecule has 0 aliphatic carbocycles. The molecule has 1 aromatic rings. The lowest BCUT2D eigenvalue weighted by Gasteiger charge is -2.02. The van der Waals surface area contributed by atoms with Gasteiger partial charge in [0.25, 0.3) is 0 Å². The predicted octanol–water partition coefficient (Wildman–Crippen LogP) is 1.46. The Morgan fingerprint density at radius 3 is 2.93 bits per heavy atom. The third-order valence-electron chi connectivity index (χ3n) is 1.71. The van der Waals surface area contributed by atoms with Gasteiger partial charge in [0, 0.05) is 5.56 Å². The molecule has 0 unspecified atom stereocenters. The number of ether oxygens (including phenoxy) is 1. The van der Waals surface area contributed by atoms with Gasteiger partial charge in [0.05, 0.1) is 12.9 Å². The maximum Gasteiger partial charge on any atom is 0.341 e. The van der Waals surface area contributed by atoms with Crippen LogP contribution in [0.5, 0.6) is 5.75 Å². The van der Waals surface area contributed by atoms with Crippen LogP contribution in [-0.4, -0.2) is 23.9 Å². The largest absolute Gasteiger partial charge is 0.507 e. The number of rotatable bonds is 1. The van der Waals surface area contributed by atoms with Crippen LogP contribution in [0.1, 0.15) is 15.9 Å². The number of aromatic hydroxyl groups is 1. The second-order valence-electron chi connectivity index (χ2n) is 2.68. The summed E-state index contributed by atoms with van der Waals surface area (Å²) in [5, 5.41) is 9.40. The van der Waals surface area contributed by atoms with E-state index in [-0.39, 0.29) is 11.3 Å². The highest BCUT2D eigenvalue weighted by Crippen LogP contribution is 2.18. The first-order chi connectivity index (χ1) is 7.19. The third-order valence-corrected chi connectivity index (χ3v) is 1.87. The molecule has 0 spiro atoms. The van der Waals surface area contributed by atoms with Crippen LogP contribution in [0.2, 0.25) is 0 Å². The molecular weight excluding hydrogens is 212 g/mol. The first-order valence-electron chi connectivity index (χ1n) is 4.20. The summed E-state index contributed by atoms with van der Waals surface area (Å²) in [4.78, 5) is 11.2. The molecule has 0 saturated heterocycles. The third kappa shape index (κ3) is 2.93. The van der Waals surface area contributed by atoms with Gasteiger partial charge < -0.3 is 9.84 Å². The van der Waals surface area contributed by atoms with Gasteiger partial charge in [0.15, 0.2) is 0 Å². The number of carbonyl (C=O) groups excluding carboxylic acids is 1. The Labute approximate surface area is 93.5 Å². The lowest BCUT2D eigenvalue weighted by Crippen LogP contribution is -2.01. The van der Waals surface area contributed by atoms with Crippen molar-refractivity contribution >= 4 is 18.6 Å². The van der Waals surface area contributed by atoms with Gasteiger partial charge in [-0.05, 0) is 18.2 Å². The first-order valence-corrected chi connectivity index (χ1v) is 4.83. The zero-order valence-corrected chi connectivity index (χ0v) is 9.04. The highest BCUT2D eigenvalue weighted by Gasteiger charge is 2.11. The Bertz CT molecular complexity index is 429. The van der Waals surface area contributed by atoms with Gasteiger partial charge in [-0.3, -0.25) is 0 Å². The van der Waals surface area contributed by atoms with E-state index in [1.807, 2.05) is 0 Å². The minimum Gasteiger partial charge on any atom is -0.507 e. The smallest absolute Gasteiger partial charge is 0.341 e. The number of carbonyl (C=O) groups is 1. The van der Waals surface area contributed by atoms with Gasteiger partial charge >= 0.3 is 5.97 Å². The summed E-state index contributed by atoms with van der Waals surface area (Å²) in [5.74, 6) is 5.29. The second-order valence-corrected chi connectivity index (χ2v) is 3.00. The van der Waals surface area contributed by atoms with Gasteiger partial charge in [0.2, 0.25) is 0 Å². The van der Waals surface area contributed by atoms with E-state index in [4.69, 9.17) is 0 Å². The van der Waals surface area contributed by atoms with Gasteiger partial charge in [-0.2, -0.15) is 12.6 Å². The van der Waals surface area contributed by atoms with Crippen LogP contribution in [0.4, 0.5) is 0 Å². The lowest BCUT2D eigenvalue weighted by molar-refractivity contribution is 0.0597. The topological polar surface area (TPSA) is 46.5 Å². The summed E-state index contributed by atoms with van der Waals surface area (Å²) in [6.45, 7) is 0. The van der Waals surface area contributed by atoms with E-state index in [2.05, 4.69) is 29.2 Å². The van der Waals surface area contributed by atoms with Crippen LogP contribution in [-0.2, 0) is 4.74 Å². The average molecular weight is 222 g/mol. The van der Waals surface area contributed by atoms with Crippen molar-refractivity contribution in [1.29, 1.82) is 0 Å². The van der Waals surface area contributed by atoms with E-state index in [9.17, 15) is 9.90 Å². The standard InChI is InChI=1S/C11H10O3S/c1-14-11(13)9-7-8(3-2-6-15)4-5-10(9)12/h4-5,7,12,15H,6H2,1H3. The SMILES string of the molecule is COC(=O)c1cc(C#CCS)ccc1O. The second kappa shape index (κ2) is 5.32. The van der Waals surface area contributed by atoms with Crippen LogP contribution in [0.3, 0.4) is 0 Å². The van der Waals surface area contributed by atoms with Crippen LogP contribution in [0.15, 0.2) is 18.2 Å². The summed E-state index contributed by atoms with van der Waals surface area (Å²) in [6.07, 6.45) is 0. The van der Waals surface area contributed by atoms with Crippen LogP contribution in [0, 0.1) is 11.8 Å². The Morgan fingerprint density at radius 2 is 2.33 bits per heavy atom. The molecule has 0 amide bonds. The van der Waals surface area contributed by atoms with Crippen molar-refractivity contribution in [2.45, 2.75) is 0 Å². The number of thiol groups is 1. The van der Waals surface area contributed by atoms with E-state index >= 15 is 0 Å². The van der Waals surface area contributed by atoms with Gasteiger partial charge in [-0.25, -0.2) is 4.79 Å². The van der Waals surface area contributed by atoms with E-state index in [0.29, 0.717) is 11.3 Å². The maximum absolute atomic E-state index is 11.2. The number of benzene rings is 1. The highest BCUT2D eigenvalue weighted by atomic mass is 32.1. The number of phenols is 1. The van der Waals surface area contributed by atoms with Crippen LogP contribution in [0.25, 0.3) is 0 Å². The average Bonchev–Trinajstić information content (AvgIpc) is 2.27. The highest BCUT2D eigenvalue weighted by molar-refractivity contribution is 7.80. The summed E-state index contributed by atoms with van der Waals surface area (Å²) in [7, 11) is 1.26. The number of hydrogen-bond donors (Lipinski definition) is 2. The summed E-state index contributed by atoms with van der Waals surface area (Å²) in [5.41, 5.74) is 0.755. The molecule has 1 aromatic carbocycles. The molecule has 0 heterocycles. The van der Waals surface area contributed by atoms with Gasteiger partial charge in [-0.15, -0.1) is 0 Å². The molecule has 0 radical (unpaired) electrons. The van der Waals surface area contributed by atoms with Crippen molar-refractivity contribution in [2.24, 2.45) is 0 Å². The molecule has 4 heteroatoms. The fraction of sp³-hybridized carbons (Fsp3) is 0.182. The van der Waals surface area contributed by atoms with Crippen molar-refractivity contribution in [3.8, 4) is 17.6 Å². The molecular formula is C11H10O3S. The Balaban J connectivity index is 3.10. The normalized spacial score (nSPS) is 8.93. The fourth-order valence-electron chi connectivity index (χ4n) is 1.03. The van der Waals surface area contributed by atoms with E-state index < -0.39 is 5.97 Å². The number of esters is 1. The van der Waals surface area contributed by atoms with E-state index in [1.165, 1.54) is 19.2 Å². The number of hydrogen-bond acceptors (Lipinski definition) is 4. The zero-order chi connectivity index (χ0) is 11.3. The maximum atomic E-state index is 11.2. The molecule has 3 nitrogen and oxygen atoms in total. The molecule has 0 bridgehead atoms. The van der Waals surface area contributed by atoms with Crippen molar-refractivity contribution in [3.05, 3.63) is 29.3 Å². The van der Waals surface area contributed by atoms with Crippen molar-refractivity contribution in [1.82, 2.24) is 0 Å². The zero-order valence-electron chi connectivity index (χ0n) is 8.15. The molecule has 0 saturated carbocycles. The van der Waals surface area contributed by atoms with Crippen molar-refractivity contribution < 1.29 is 14.6 Å². The van der Waals surface area contributed by atoms with Crippen LogP contribution < -0.4 is 0 Å². The Kier molecular flexibility index (Phi) is 4.07. The fourth-order valence-corrected chi connectivity index (χ4v) is 1.11. The minimum absolute atomic E-state index is 0.113. The molecule has 0 aromatic heterocycles. The van der Waals surface area contributed by atoms with Crippen LogP contribution >= 0.6 is 12.6 Å². The molecule has 0 fully saturated rings. The molecule has 1 N–H and O–H groups in total. The Hall–Kier alpha value is -1.60. The Morgan fingerprint density at radius 1 is 1.60 bits per heavy atom. The molecule has 78 valence electrons. The number of methoxy groups -OCH3 is 1. The quantitative estimate of drug-likeness (QED) is 0.429. The molecule has 15 heavy (non-hydrogen) atoms. The van der Waals surface area contributed by atoms with Crippen molar-refractivity contribution in [2.75, 3.05) is 12.9 Å². The minimum atomic E-state index is -0.581. The first kappa shape index (κ1) is 11.5. The van der Waals surface area contributed by atoms with Crippen molar-refractivity contribution in [3.63, 3.8) is 0 Å². The molecule has 0 aliphatic rings. The molecule has 0 aliphatic heterocycles. The van der Waals surface area contributed by atoms with Gasteiger partial charge in [0.1, 0.15) is 11.3 Å². The number of phenolic OH excluding ortho intramolecular Hbond substituents is 1. The predicted molar refractivity (Wildman–Crippen MR) is 60.2 cm³/mol. The monoisotopic (exact) mass is 222 g/mol. The molecule has 1 rings (SSSR count). The lowest BCUT2D eigenvalue weighted by atomic mass is 10.1. The summed E-state index contributed by atoms with van der Waals surface area (Å²) < 4.78 is 4.51. The van der Waals surface area contributed by atoms with E-state index in [0.717, 1.165) is 0 Å². The molecule has 0 atom stereocenters. The van der Waals surface area contributed by atoms with E-state index in [1.54, 1.807) is 6.07 Å². The summed E-state index contributed by atoms with van der Waals surface area (Å²) >= 11 is 3.94. The van der Waals surface area contributed by atoms with Gasteiger partial charge in [-0.1, -0.05) is 11.8 Å². The summed E-state index contributed by atoms with van der Waals surface area (Å²) in [6, 6.07) is 4.52.